The van der Waals surface area contributed by atoms with Crippen LogP contribution in [0, 0.1) is 0 Å². The number of anilines is 1. The van der Waals surface area contributed by atoms with Gasteiger partial charge in [-0.25, -0.2) is 0 Å². The zero-order chi connectivity index (χ0) is 13.2. The third-order valence-corrected chi connectivity index (χ3v) is 3.19. The highest BCUT2D eigenvalue weighted by Crippen LogP contribution is 2.28. The zero-order valence-electron chi connectivity index (χ0n) is 10.1. The van der Waals surface area contributed by atoms with E-state index in [0.717, 1.165) is 22.6 Å². The van der Waals surface area contributed by atoms with Gasteiger partial charge in [-0.2, -0.15) is 0 Å². The van der Waals surface area contributed by atoms with E-state index in [-0.39, 0.29) is 12.3 Å². The van der Waals surface area contributed by atoms with Crippen molar-refractivity contribution in [3.8, 4) is 0 Å². The molecule has 4 heteroatoms. The Hall–Kier alpha value is -2.13. The summed E-state index contributed by atoms with van der Waals surface area (Å²) < 4.78 is 0. The summed E-state index contributed by atoms with van der Waals surface area (Å²) in [5.74, 6) is -0.0568. The molecule has 0 spiro atoms. The molecule has 3 rings (SSSR count). The first-order valence-electron chi connectivity index (χ1n) is 5.95. The molecule has 0 atom stereocenters. The molecule has 2 aromatic carbocycles. The fraction of sp³-hybridized carbons (Fsp3) is 0.0667. The highest BCUT2D eigenvalue weighted by atomic mass is 35.5. The fourth-order valence-electron chi connectivity index (χ4n) is 2.02. The van der Waals surface area contributed by atoms with Crippen molar-refractivity contribution in [1.82, 2.24) is 0 Å². The number of hydrogen-bond donors (Lipinski definition) is 1. The van der Waals surface area contributed by atoms with Crippen LogP contribution in [-0.4, -0.2) is 11.6 Å². The van der Waals surface area contributed by atoms with Crippen molar-refractivity contribution < 1.29 is 4.79 Å². The highest BCUT2D eigenvalue weighted by molar-refractivity contribution is 6.30. The van der Waals surface area contributed by atoms with E-state index in [0.29, 0.717) is 5.02 Å². The largest absolute Gasteiger partial charge is 0.324 e. The summed E-state index contributed by atoms with van der Waals surface area (Å²) in [5, 5.41) is 3.52. The molecule has 1 aliphatic heterocycles. The summed E-state index contributed by atoms with van der Waals surface area (Å²) in [5.41, 5.74) is 3.19. The first-order valence-corrected chi connectivity index (χ1v) is 6.32. The Labute approximate surface area is 115 Å². The highest BCUT2D eigenvalue weighted by Gasteiger charge is 2.16. The SMILES string of the molecule is O=C1CC(c2ccc(Cl)cc2)=Nc2ccccc2N1. The Bertz CT molecular complexity index is 662. The lowest BCUT2D eigenvalue weighted by atomic mass is 10.1. The number of nitrogens with one attached hydrogen (secondary N) is 1. The second kappa shape index (κ2) is 4.86. The van der Waals surface area contributed by atoms with Crippen LogP contribution in [0.2, 0.25) is 5.02 Å². The minimum atomic E-state index is -0.0568. The molecule has 1 N–H and O–H groups in total. The maximum atomic E-state index is 11.9. The van der Waals surface area contributed by atoms with E-state index < -0.39 is 0 Å². The average Bonchev–Trinajstić information content (AvgIpc) is 2.57. The van der Waals surface area contributed by atoms with Gasteiger partial charge in [-0.3, -0.25) is 9.79 Å². The third-order valence-electron chi connectivity index (χ3n) is 2.94. The molecule has 1 aliphatic rings. The van der Waals surface area contributed by atoms with Crippen LogP contribution in [0.5, 0.6) is 0 Å². The Morgan fingerprint density at radius 2 is 1.79 bits per heavy atom. The van der Waals surface area contributed by atoms with E-state index in [4.69, 9.17) is 11.6 Å². The number of para-hydroxylation sites is 2. The second-order valence-corrected chi connectivity index (χ2v) is 4.74. The van der Waals surface area contributed by atoms with Gasteiger partial charge in [0.05, 0.1) is 23.5 Å². The van der Waals surface area contributed by atoms with Crippen LogP contribution in [0.4, 0.5) is 11.4 Å². The maximum Gasteiger partial charge on any atom is 0.230 e. The number of halogens is 1. The molecule has 2 aromatic rings. The van der Waals surface area contributed by atoms with Crippen molar-refractivity contribution in [2.75, 3.05) is 5.32 Å². The Morgan fingerprint density at radius 1 is 1.05 bits per heavy atom. The van der Waals surface area contributed by atoms with Gasteiger partial charge < -0.3 is 5.32 Å². The summed E-state index contributed by atoms with van der Waals surface area (Å²) in [7, 11) is 0. The number of carbonyl (C=O) groups is 1. The number of aliphatic imine (C=N–C) groups is 1. The number of rotatable bonds is 1. The molecule has 1 amide bonds. The first kappa shape index (κ1) is 11.9. The van der Waals surface area contributed by atoms with E-state index in [9.17, 15) is 4.79 Å². The Kier molecular flexibility index (Phi) is 3.05. The molecule has 94 valence electrons. The molecule has 0 aliphatic carbocycles. The molecule has 0 bridgehead atoms. The second-order valence-electron chi connectivity index (χ2n) is 4.31. The minimum absolute atomic E-state index is 0.0568. The van der Waals surface area contributed by atoms with E-state index in [1.165, 1.54) is 0 Å². The van der Waals surface area contributed by atoms with Crippen LogP contribution in [0.3, 0.4) is 0 Å². The van der Waals surface area contributed by atoms with Gasteiger partial charge in [-0.1, -0.05) is 35.9 Å². The van der Waals surface area contributed by atoms with Crippen LogP contribution in [0.15, 0.2) is 53.5 Å². The van der Waals surface area contributed by atoms with Crippen LogP contribution in [-0.2, 0) is 4.79 Å². The summed E-state index contributed by atoms with van der Waals surface area (Å²) in [4.78, 5) is 16.5. The number of fused-ring (bicyclic) bond motifs is 1. The minimum Gasteiger partial charge on any atom is -0.324 e. The van der Waals surface area contributed by atoms with Gasteiger partial charge >= 0.3 is 0 Å². The number of amides is 1. The molecule has 0 radical (unpaired) electrons. The monoisotopic (exact) mass is 270 g/mol. The van der Waals surface area contributed by atoms with Crippen molar-refractivity contribution in [3.05, 3.63) is 59.1 Å². The van der Waals surface area contributed by atoms with Crippen LogP contribution >= 0.6 is 11.6 Å². The van der Waals surface area contributed by atoms with E-state index in [1.54, 1.807) is 12.1 Å². The van der Waals surface area contributed by atoms with Crippen LogP contribution in [0.25, 0.3) is 0 Å². The molecule has 0 saturated carbocycles. The standard InChI is InChI=1S/C15H11ClN2O/c16-11-7-5-10(6-8-11)14-9-15(19)18-13-4-2-1-3-12(13)17-14/h1-8H,9H2,(H,18,19). The van der Waals surface area contributed by atoms with Crippen molar-refractivity contribution in [1.29, 1.82) is 0 Å². The molecule has 19 heavy (non-hydrogen) atoms. The molecule has 0 fully saturated rings. The topological polar surface area (TPSA) is 41.5 Å². The first-order chi connectivity index (χ1) is 9.22. The summed E-state index contributed by atoms with van der Waals surface area (Å²) in [6.45, 7) is 0. The molecule has 0 unspecified atom stereocenters. The van der Waals surface area contributed by atoms with Crippen LogP contribution < -0.4 is 5.32 Å². The van der Waals surface area contributed by atoms with Crippen LogP contribution in [0.1, 0.15) is 12.0 Å². The summed E-state index contributed by atoms with van der Waals surface area (Å²) in [6, 6.07) is 14.9. The number of carbonyl (C=O) groups excluding carboxylic acids is 1. The van der Waals surface area contributed by atoms with E-state index in [2.05, 4.69) is 10.3 Å². The lowest BCUT2D eigenvalue weighted by Crippen LogP contribution is -2.14. The van der Waals surface area contributed by atoms with Gasteiger partial charge in [-0.15, -0.1) is 0 Å². The third kappa shape index (κ3) is 2.51. The van der Waals surface area contributed by atoms with Gasteiger partial charge in [0, 0.05) is 5.02 Å². The molecule has 1 heterocycles. The van der Waals surface area contributed by atoms with E-state index in [1.807, 2.05) is 36.4 Å². The molecular weight excluding hydrogens is 260 g/mol. The average molecular weight is 271 g/mol. The number of nitrogens with zero attached hydrogens (tertiary/aromatic N) is 1. The van der Waals surface area contributed by atoms with Gasteiger partial charge in [0.15, 0.2) is 0 Å². The van der Waals surface area contributed by atoms with Gasteiger partial charge in [0.25, 0.3) is 0 Å². The molecule has 0 saturated heterocycles. The predicted molar refractivity (Wildman–Crippen MR) is 77.3 cm³/mol. The van der Waals surface area contributed by atoms with Crippen molar-refractivity contribution >= 4 is 34.6 Å². The quantitative estimate of drug-likeness (QED) is 0.841. The van der Waals surface area contributed by atoms with Gasteiger partial charge in [0.2, 0.25) is 5.91 Å². The maximum absolute atomic E-state index is 11.9. The molecule has 0 aromatic heterocycles. The van der Waals surface area contributed by atoms with E-state index >= 15 is 0 Å². The lowest BCUT2D eigenvalue weighted by Gasteiger charge is -2.03. The zero-order valence-corrected chi connectivity index (χ0v) is 10.8. The Balaban J connectivity index is 2.08. The van der Waals surface area contributed by atoms with Gasteiger partial charge in [0.1, 0.15) is 0 Å². The van der Waals surface area contributed by atoms with Crippen molar-refractivity contribution in [2.45, 2.75) is 6.42 Å². The predicted octanol–water partition coefficient (Wildman–Crippen LogP) is 3.80. The number of benzene rings is 2. The summed E-state index contributed by atoms with van der Waals surface area (Å²) >= 11 is 5.87. The normalized spacial score (nSPS) is 14.2. The number of hydrogen-bond acceptors (Lipinski definition) is 2. The van der Waals surface area contributed by atoms with Crippen molar-refractivity contribution in [3.63, 3.8) is 0 Å². The smallest absolute Gasteiger partial charge is 0.230 e. The molecular formula is C15H11ClN2O. The lowest BCUT2D eigenvalue weighted by molar-refractivity contribution is -0.115. The van der Waals surface area contributed by atoms with Gasteiger partial charge in [-0.05, 0) is 29.8 Å². The van der Waals surface area contributed by atoms with Crippen molar-refractivity contribution in [2.24, 2.45) is 4.99 Å². The summed E-state index contributed by atoms with van der Waals surface area (Å²) in [6.07, 6.45) is 0.260. The Morgan fingerprint density at radius 3 is 2.58 bits per heavy atom. The fourth-order valence-corrected chi connectivity index (χ4v) is 2.14. The molecule has 3 nitrogen and oxygen atoms in total.